The summed E-state index contributed by atoms with van der Waals surface area (Å²) in [4.78, 5) is 36.1. The van der Waals surface area contributed by atoms with Gasteiger partial charge in [0.25, 0.3) is 5.91 Å². The largest absolute Gasteiger partial charge is 0.453 e. The molecule has 1 aromatic carbocycles. The van der Waals surface area contributed by atoms with Crippen LogP contribution < -0.4 is 5.32 Å². The average molecular weight is 363 g/mol. The van der Waals surface area contributed by atoms with Crippen molar-refractivity contribution in [2.45, 2.75) is 64.5 Å². The summed E-state index contributed by atoms with van der Waals surface area (Å²) in [6.45, 7) is 3.64. The van der Waals surface area contributed by atoms with Crippen LogP contribution in [-0.4, -0.2) is 29.8 Å². The highest BCUT2D eigenvalue weighted by atomic mass is 19.1. The predicted octanol–water partition coefficient (Wildman–Crippen LogP) is 3.42. The second-order valence-corrected chi connectivity index (χ2v) is 6.94. The molecule has 0 aliphatic heterocycles. The zero-order valence-corrected chi connectivity index (χ0v) is 15.3. The first-order valence-electron chi connectivity index (χ1n) is 9.15. The molecule has 3 atom stereocenters. The van der Waals surface area contributed by atoms with Gasteiger partial charge in [-0.15, -0.1) is 0 Å². The van der Waals surface area contributed by atoms with Crippen molar-refractivity contribution in [3.8, 4) is 0 Å². The van der Waals surface area contributed by atoms with Crippen molar-refractivity contribution in [1.29, 1.82) is 0 Å². The summed E-state index contributed by atoms with van der Waals surface area (Å²) >= 11 is 0. The lowest BCUT2D eigenvalue weighted by Crippen LogP contribution is -2.46. The molecule has 0 spiro atoms. The summed E-state index contributed by atoms with van der Waals surface area (Å²) in [6.07, 6.45) is 3.25. The number of halogens is 1. The maximum Gasteiger partial charge on any atom is 0.307 e. The minimum absolute atomic E-state index is 0.0432. The van der Waals surface area contributed by atoms with Crippen LogP contribution in [0.25, 0.3) is 0 Å². The summed E-state index contributed by atoms with van der Waals surface area (Å²) in [7, 11) is 0. The van der Waals surface area contributed by atoms with Gasteiger partial charge in [0.05, 0.1) is 6.42 Å². The van der Waals surface area contributed by atoms with Gasteiger partial charge in [-0.05, 0) is 49.9 Å². The molecule has 0 heterocycles. The van der Waals surface area contributed by atoms with Crippen LogP contribution in [0.3, 0.4) is 0 Å². The minimum Gasteiger partial charge on any atom is -0.453 e. The lowest BCUT2D eigenvalue weighted by Gasteiger charge is -2.30. The number of hydrogen-bond donors (Lipinski definition) is 1. The van der Waals surface area contributed by atoms with Gasteiger partial charge in [0, 0.05) is 18.0 Å². The van der Waals surface area contributed by atoms with Crippen molar-refractivity contribution < 1.29 is 23.5 Å². The third kappa shape index (κ3) is 5.93. The van der Waals surface area contributed by atoms with Crippen LogP contribution in [0.15, 0.2) is 24.3 Å². The summed E-state index contributed by atoms with van der Waals surface area (Å²) < 4.78 is 18.0. The molecule has 0 aromatic heterocycles. The molecule has 2 rings (SSSR count). The van der Waals surface area contributed by atoms with Crippen LogP contribution in [0.2, 0.25) is 0 Å². The number of benzene rings is 1. The number of nitrogens with one attached hydrogen (secondary N) is 1. The number of rotatable bonds is 7. The Labute approximate surface area is 153 Å². The summed E-state index contributed by atoms with van der Waals surface area (Å²) in [5.41, 5.74) is 0.344. The second kappa shape index (κ2) is 9.46. The first-order chi connectivity index (χ1) is 12.4. The van der Waals surface area contributed by atoms with Crippen molar-refractivity contribution in [1.82, 2.24) is 5.32 Å². The Kier molecular flexibility index (Phi) is 7.30. The molecule has 1 aliphatic rings. The van der Waals surface area contributed by atoms with Crippen LogP contribution in [0.4, 0.5) is 4.39 Å². The van der Waals surface area contributed by atoms with Gasteiger partial charge >= 0.3 is 5.97 Å². The Morgan fingerprint density at radius 2 is 1.81 bits per heavy atom. The highest BCUT2D eigenvalue weighted by Crippen LogP contribution is 2.23. The highest BCUT2D eigenvalue weighted by Gasteiger charge is 2.26. The molecular formula is C20H26FNO4. The molecule has 6 heteroatoms. The van der Waals surface area contributed by atoms with Gasteiger partial charge in [0.2, 0.25) is 0 Å². The number of hydrogen-bond acceptors (Lipinski definition) is 4. The Hall–Kier alpha value is -2.24. The van der Waals surface area contributed by atoms with Gasteiger partial charge in [-0.2, -0.15) is 0 Å². The van der Waals surface area contributed by atoms with E-state index in [1.54, 1.807) is 0 Å². The van der Waals surface area contributed by atoms with Gasteiger partial charge in [-0.3, -0.25) is 14.4 Å². The molecule has 26 heavy (non-hydrogen) atoms. The fourth-order valence-corrected chi connectivity index (χ4v) is 3.14. The molecule has 1 aromatic rings. The van der Waals surface area contributed by atoms with E-state index in [9.17, 15) is 18.8 Å². The maximum atomic E-state index is 12.9. The van der Waals surface area contributed by atoms with E-state index in [2.05, 4.69) is 12.2 Å². The standard InChI is InChI=1S/C20H26FNO4/c1-13-5-3-4-6-17(13)22-20(25)14(2)26-19(24)12-11-18(23)15-7-9-16(21)10-8-15/h7-10,13-14,17H,3-6,11-12H2,1-2H3,(H,22,25)/t13-,14-,17-/m1/s1. The lowest BCUT2D eigenvalue weighted by atomic mass is 9.86. The van der Waals surface area contributed by atoms with Gasteiger partial charge in [0.15, 0.2) is 11.9 Å². The summed E-state index contributed by atoms with van der Waals surface area (Å²) in [5, 5.41) is 2.95. The van der Waals surface area contributed by atoms with Crippen LogP contribution in [0, 0.1) is 11.7 Å². The monoisotopic (exact) mass is 363 g/mol. The topological polar surface area (TPSA) is 72.5 Å². The fourth-order valence-electron chi connectivity index (χ4n) is 3.14. The summed E-state index contributed by atoms with van der Waals surface area (Å²) in [6, 6.07) is 5.28. The average Bonchev–Trinajstić information content (AvgIpc) is 2.62. The SMILES string of the molecule is C[C@@H]1CCCC[C@H]1NC(=O)[C@@H](C)OC(=O)CCC(=O)c1ccc(F)cc1. The molecule has 1 fully saturated rings. The number of ketones is 1. The quantitative estimate of drug-likeness (QED) is 0.595. The number of carbonyl (C=O) groups excluding carboxylic acids is 3. The van der Waals surface area contributed by atoms with Crippen LogP contribution in [0.1, 0.15) is 62.7 Å². The minimum atomic E-state index is -0.891. The second-order valence-electron chi connectivity index (χ2n) is 6.94. The van der Waals surface area contributed by atoms with E-state index in [1.165, 1.54) is 37.6 Å². The first kappa shape index (κ1) is 20.1. The van der Waals surface area contributed by atoms with E-state index in [4.69, 9.17) is 4.74 Å². The normalized spacial score (nSPS) is 20.9. The van der Waals surface area contributed by atoms with Gasteiger partial charge in [-0.1, -0.05) is 19.8 Å². The molecule has 0 saturated heterocycles. The van der Waals surface area contributed by atoms with Crippen molar-refractivity contribution in [3.05, 3.63) is 35.6 Å². The summed E-state index contributed by atoms with van der Waals surface area (Å²) in [5.74, 6) is -1.17. The Balaban J connectivity index is 1.74. The molecule has 0 unspecified atom stereocenters. The molecule has 1 aliphatic carbocycles. The Bertz CT molecular complexity index is 644. The molecule has 0 bridgehead atoms. The third-order valence-corrected chi connectivity index (χ3v) is 4.84. The van der Waals surface area contributed by atoms with Crippen molar-refractivity contribution in [2.75, 3.05) is 0 Å². The predicted molar refractivity (Wildman–Crippen MR) is 95.1 cm³/mol. The van der Waals surface area contributed by atoms with Crippen LogP contribution >= 0.6 is 0 Å². The molecule has 1 amide bonds. The molecule has 142 valence electrons. The highest BCUT2D eigenvalue weighted by molar-refractivity contribution is 5.97. The van der Waals surface area contributed by atoms with Gasteiger partial charge < -0.3 is 10.1 Å². The van der Waals surface area contributed by atoms with E-state index in [-0.39, 0.29) is 30.6 Å². The molecule has 1 saturated carbocycles. The zero-order chi connectivity index (χ0) is 19.1. The first-order valence-corrected chi connectivity index (χ1v) is 9.15. The Morgan fingerprint density at radius 1 is 1.15 bits per heavy atom. The van der Waals surface area contributed by atoms with Crippen molar-refractivity contribution in [3.63, 3.8) is 0 Å². The number of carbonyl (C=O) groups is 3. The van der Waals surface area contributed by atoms with E-state index < -0.39 is 17.9 Å². The van der Waals surface area contributed by atoms with Crippen molar-refractivity contribution >= 4 is 17.7 Å². The molecule has 1 N–H and O–H groups in total. The maximum absolute atomic E-state index is 12.9. The molecule has 5 nitrogen and oxygen atoms in total. The van der Waals surface area contributed by atoms with E-state index in [1.807, 2.05) is 0 Å². The van der Waals surface area contributed by atoms with E-state index >= 15 is 0 Å². The number of esters is 1. The number of ether oxygens (including phenoxy) is 1. The molecular weight excluding hydrogens is 337 g/mol. The van der Waals surface area contributed by atoms with Crippen LogP contribution in [0.5, 0.6) is 0 Å². The fraction of sp³-hybridized carbons (Fsp3) is 0.550. The molecule has 0 radical (unpaired) electrons. The van der Waals surface area contributed by atoms with Crippen molar-refractivity contribution in [2.24, 2.45) is 5.92 Å². The van der Waals surface area contributed by atoms with E-state index in [0.29, 0.717) is 11.5 Å². The van der Waals surface area contributed by atoms with Gasteiger partial charge in [-0.25, -0.2) is 4.39 Å². The lowest BCUT2D eigenvalue weighted by molar-refractivity contribution is -0.155. The zero-order valence-electron chi connectivity index (χ0n) is 15.3. The Morgan fingerprint density at radius 3 is 2.46 bits per heavy atom. The third-order valence-electron chi connectivity index (χ3n) is 4.84. The number of Topliss-reactive ketones (excluding diaryl/α,β-unsaturated/α-hetero) is 1. The smallest absolute Gasteiger partial charge is 0.307 e. The van der Waals surface area contributed by atoms with Crippen LogP contribution in [-0.2, 0) is 14.3 Å². The number of amides is 1. The van der Waals surface area contributed by atoms with Gasteiger partial charge in [0.1, 0.15) is 5.82 Å². The van der Waals surface area contributed by atoms with E-state index in [0.717, 1.165) is 19.3 Å².